The highest BCUT2D eigenvalue weighted by Crippen LogP contribution is 2.30. The van der Waals surface area contributed by atoms with Crippen molar-refractivity contribution < 1.29 is 9.53 Å². The summed E-state index contributed by atoms with van der Waals surface area (Å²) in [5.41, 5.74) is 0.370. The molecule has 0 aromatic heterocycles. The number of hydrogen-bond acceptors (Lipinski definition) is 2. The predicted octanol–water partition coefficient (Wildman–Crippen LogP) is 2.01. The van der Waals surface area contributed by atoms with E-state index in [1.807, 2.05) is 37.3 Å². The summed E-state index contributed by atoms with van der Waals surface area (Å²) in [5.74, 6) is -0.210. The molecule has 1 aromatic rings. The molecule has 2 heteroatoms. The van der Waals surface area contributed by atoms with Crippen LogP contribution in [0.5, 0.6) is 0 Å². The number of carbonyl (C=O) groups is 1. The van der Waals surface area contributed by atoms with Crippen molar-refractivity contribution in [3.63, 3.8) is 0 Å². The molecule has 2 rings (SSSR count). The van der Waals surface area contributed by atoms with Crippen LogP contribution in [0.1, 0.15) is 12.5 Å². The Morgan fingerprint density at radius 1 is 1.23 bits per heavy atom. The standard InChI is InChI=1S/C11H10O2/c1-11(7-8-13-10(11)12)9-5-3-2-4-6-9/h2-8H,1H3. The van der Waals surface area contributed by atoms with Crippen LogP contribution in [0.25, 0.3) is 0 Å². The second kappa shape index (κ2) is 2.73. The minimum absolute atomic E-state index is 0.210. The molecule has 2 nitrogen and oxygen atoms in total. The molecule has 0 saturated heterocycles. The third-order valence-corrected chi connectivity index (χ3v) is 2.37. The highest BCUT2D eigenvalue weighted by atomic mass is 16.5. The van der Waals surface area contributed by atoms with E-state index < -0.39 is 5.41 Å². The smallest absolute Gasteiger partial charge is 0.325 e. The van der Waals surface area contributed by atoms with Gasteiger partial charge in [-0.3, -0.25) is 4.79 Å². The van der Waals surface area contributed by atoms with Crippen molar-refractivity contribution in [1.29, 1.82) is 0 Å². The number of rotatable bonds is 1. The largest absolute Gasteiger partial charge is 0.434 e. The molecule has 1 aromatic carbocycles. The third-order valence-electron chi connectivity index (χ3n) is 2.37. The Labute approximate surface area is 76.8 Å². The van der Waals surface area contributed by atoms with E-state index in [1.165, 1.54) is 6.26 Å². The summed E-state index contributed by atoms with van der Waals surface area (Å²) >= 11 is 0. The van der Waals surface area contributed by atoms with Crippen LogP contribution in [0.3, 0.4) is 0 Å². The van der Waals surface area contributed by atoms with Gasteiger partial charge >= 0.3 is 5.97 Å². The van der Waals surface area contributed by atoms with E-state index in [2.05, 4.69) is 0 Å². The summed E-state index contributed by atoms with van der Waals surface area (Å²) in [6.45, 7) is 1.86. The summed E-state index contributed by atoms with van der Waals surface area (Å²) in [7, 11) is 0. The van der Waals surface area contributed by atoms with E-state index in [1.54, 1.807) is 6.08 Å². The van der Waals surface area contributed by atoms with Crippen molar-refractivity contribution in [2.24, 2.45) is 0 Å². The fourth-order valence-corrected chi connectivity index (χ4v) is 1.42. The lowest BCUT2D eigenvalue weighted by Gasteiger charge is -2.17. The van der Waals surface area contributed by atoms with Crippen molar-refractivity contribution in [2.75, 3.05) is 0 Å². The Morgan fingerprint density at radius 2 is 1.92 bits per heavy atom. The second-order valence-electron chi connectivity index (χ2n) is 3.28. The van der Waals surface area contributed by atoms with Crippen LogP contribution in [0.4, 0.5) is 0 Å². The summed E-state index contributed by atoms with van der Waals surface area (Å²) in [5, 5.41) is 0. The fraction of sp³-hybridized carbons (Fsp3) is 0.182. The van der Waals surface area contributed by atoms with E-state index >= 15 is 0 Å². The zero-order valence-corrected chi connectivity index (χ0v) is 7.36. The molecular formula is C11H10O2. The molecule has 0 saturated carbocycles. The van der Waals surface area contributed by atoms with Gasteiger partial charge in [-0.15, -0.1) is 0 Å². The normalized spacial score (nSPS) is 26.1. The van der Waals surface area contributed by atoms with Crippen LogP contribution >= 0.6 is 0 Å². The van der Waals surface area contributed by atoms with Crippen LogP contribution in [-0.4, -0.2) is 5.97 Å². The van der Waals surface area contributed by atoms with Crippen molar-refractivity contribution >= 4 is 5.97 Å². The molecule has 66 valence electrons. The van der Waals surface area contributed by atoms with Crippen molar-refractivity contribution in [1.82, 2.24) is 0 Å². The molecule has 0 N–H and O–H groups in total. The Bertz CT molecular complexity index is 354. The van der Waals surface area contributed by atoms with Gasteiger partial charge in [-0.25, -0.2) is 0 Å². The lowest BCUT2D eigenvalue weighted by atomic mass is 9.84. The number of benzene rings is 1. The molecular weight excluding hydrogens is 164 g/mol. The van der Waals surface area contributed by atoms with Gasteiger partial charge in [0.15, 0.2) is 0 Å². The molecule has 0 radical (unpaired) electrons. The molecule has 0 amide bonds. The van der Waals surface area contributed by atoms with Gasteiger partial charge < -0.3 is 4.74 Å². The maximum absolute atomic E-state index is 11.4. The molecule has 1 unspecified atom stereocenters. The minimum Gasteiger partial charge on any atom is -0.434 e. The fourth-order valence-electron chi connectivity index (χ4n) is 1.42. The first-order valence-electron chi connectivity index (χ1n) is 4.18. The summed E-state index contributed by atoms with van der Waals surface area (Å²) < 4.78 is 4.80. The quantitative estimate of drug-likeness (QED) is 0.609. The van der Waals surface area contributed by atoms with Gasteiger partial charge in [0.2, 0.25) is 0 Å². The van der Waals surface area contributed by atoms with Gasteiger partial charge in [-0.2, -0.15) is 0 Å². The van der Waals surface area contributed by atoms with Crippen LogP contribution in [-0.2, 0) is 14.9 Å². The highest BCUT2D eigenvalue weighted by Gasteiger charge is 2.37. The molecule has 1 aliphatic rings. The average Bonchev–Trinajstić information content (AvgIpc) is 2.50. The predicted molar refractivity (Wildman–Crippen MR) is 49.0 cm³/mol. The maximum atomic E-state index is 11.4. The Hall–Kier alpha value is -1.57. The average molecular weight is 174 g/mol. The Morgan fingerprint density at radius 3 is 2.46 bits per heavy atom. The van der Waals surface area contributed by atoms with Gasteiger partial charge in [0, 0.05) is 0 Å². The lowest BCUT2D eigenvalue weighted by Crippen LogP contribution is -2.27. The van der Waals surface area contributed by atoms with Crippen LogP contribution in [0.2, 0.25) is 0 Å². The monoisotopic (exact) mass is 174 g/mol. The van der Waals surface area contributed by atoms with Gasteiger partial charge in [-0.1, -0.05) is 30.3 Å². The van der Waals surface area contributed by atoms with E-state index in [-0.39, 0.29) is 5.97 Å². The molecule has 1 aliphatic heterocycles. The maximum Gasteiger partial charge on any atom is 0.325 e. The lowest BCUT2D eigenvalue weighted by molar-refractivity contribution is -0.139. The third kappa shape index (κ3) is 1.15. The van der Waals surface area contributed by atoms with Crippen molar-refractivity contribution in [2.45, 2.75) is 12.3 Å². The number of cyclic esters (lactones) is 1. The summed E-state index contributed by atoms with van der Waals surface area (Å²) in [6.07, 6.45) is 3.24. The zero-order chi connectivity index (χ0) is 9.31. The number of hydrogen-bond donors (Lipinski definition) is 0. The first kappa shape index (κ1) is 8.05. The number of carbonyl (C=O) groups excluding carboxylic acids is 1. The first-order chi connectivity index (χ1) is 6.23. The van der Waals surface area contributed by atoms with Crippen molar-refractivity contribution in [3.05, 3.63) is 48.2 Å². The van der Waals surface area contributed by atoms with E-state index in [0.717, 1.165) is 5.56 Å². The van der Waals surface area contributed by atoms with Crippen LogP contribution in [0.15, 0.2) is 42.7 Å². The van der Waals surface area contributed by atoms with Crippen LogP contribution in [0, 0.1) is 0 Å². The number of ether oxygens (including phenoxy) is 1. The highest BCUT2D eigenvalue weighted by molar-refractivity contribution is 5.87. The number of esters is 1. The van der Waals surface area contributed by atoms with E-state index in [9.17, 15) is 4.79 Å². The minimum atomic E-state index is -0.596. The van der Waals surface area contributed by atoms with Gasteiger partial charge in [0.25, 0.3) is 0 Å². The molecule has 13 heavy (non-hydrogen) atoms. The summed E-state index contributed by atoms with van der Waals surface area (Å²) in [6, 6.07) is 9.62. The van der Waals surface area contributed by atoms with Gasteiger partial charge in [0.1, 0.15) is 5.41 Å². The topological polar surface area (TPSA) is 26.3 Å². The molecule has 1 heterocycles. The van der Waals surface area contributed by atoms with Crippen LogP contribution < -0.4 is 0 Å². The first-order valence-corrected chi connectivity index (χ1v) is 4.18. The Balaban J connectivity index is 2.46. The molecule has 0 aliphatic carbocycles. The second-order valence-corrected chi connectivity index (χ2v) is 3.28. The summed E-state index contributed by atoms with van der Waals surface area (Å²) in [4.78, 5) is 11.4. The SMILES string of the molecule is CC1(c2ccccc2)C=COC1=O. The van der Waals surface area contributed by atoms with E-state index in [4.69, 9.17) is 4.74 Å². The Kier molecular flexibility index (Phi) is 1.69. The molecule has 0 fully saturated rings. The van der Waals surface area contributed by atoms with Crippen molar-refractivity contribution in [3.8, 4) is 0 Å². The van der Waals surface area contributed by atoms with Gasteiger partial charge in [0.05, 0.1) is 6.26 Å². The molecule has 1 atom stereocenters. The molecule has 0 bridgehead atoms. The molecule has 0 spiro atoms. The zero-order valence-electron chi connectivity index (χ0n) is 7.36. The van der Waals surface area contributed by atoms with E-state index in [0.29, 0.717) is 0 Å². The van der Waals surface area contributed by atoms with Gasteiger partial charge in [-0.05, 0) is 18.6 Å².